The zero-order valence-electron chi connectivity index (χ0n) is 16.1. The number of amides is 3. The van der Waals surface area contributed by atoms with Crippen LogP contribution in [0.4, 0.5) is 10.5 Å². The molecule has 0 aliphatic carbocycles. The Bertz CT molecular complexity index is 1120. The Morgan fingerprint density at radius 3 is 2.26 bits per heavy atom. The number of carbonyl (C=O) groups is 5. The van der Waals surface area contributed by atoms with E-state index in [0.29, 0.717) is 11.8 Å². The normalized spacial score (nSPS) is 14.7. The molecule has 10 heteroatoms. The molecule has 0 aromatic heterocycles. The van der Waals surface area contributed by atoms with Gasteiger partial charge in [-0.15, -0.1) is 0 Å². The van der Waals surface area contributed by atoms with Crippen molar-refractivity contribution in [2.75, 3.05) is 11.9 Å². The average molecular weight is 440 g/mol. The van der Waals surface area contributed by atoms with Gasteiger partial charge in [-0.25, -0.2) is 9.59 Å². The molecule has 158 valence electrons. The fraction of sp³-hybridized carbons (Fsp3) is 0.0952. The number of aromatic carboxylic acids is 2. The Hall–Kier alpha value is -3.92. The van der Waals surface area contributed by atoms with Gasteiger partial charge >= 0.3 is 11.9 Å². The summed E-state index contributed by atoms with van der Waals surface area (Å²) in [5, 5.41) is 19.9. The Labute approximate surface area is 180 Å². The van der Waals surface area contributed by atoms with E-state index in [1.807, 2.05) is 25.1 Å². The number of imide groups is 1. The number of nitrogens with zero attached hydrogens (tertiary/aromatic N) is 1. The molecule has 1 fully saturated rings. The maximum absolute atomic E-state index is 12.6. The number of aryl methyl sites for hydroxylation is 1. The number of carbonyl (C=O) groups excluding carboxylic acids is 3. The zero-order valence-corrected chi connectivity index (χ0v) is 16.9. The summed E-state index contributed by atoms with van der Waals surface area (Å²) in [7, 11) is 0. The van der Waals surface area contributed by atoms with Gasteiger partial charge < -0.3 is 15.5 Å². The van der Waals surface area contributed by atoms with E-state index in [1.165, 1.54) is 0 Å². The molecule has 2 aromatic carbocycles. The largest absolute Gasteiger partial charge is 0.478 e. The Kier molecular flexibility index (Phi) is 6.21. The van der Waals surface area contributed by atoms with E-state index in [1.54, 1.807) is 12.1 Å². The highest BCUT2D eigenvalue weighted by Gasteiger charge is 2.36. The van der Waals surface area contributed by atoms with Gasteiger partial charge in [0.15, 0.2) is 0 Å². The van der Waals surface area contributed by atoms with Crippen LogP contribution >= 0.6 is 11.8 Å². The van der Waals surface area contributed by atoms with Crippen LogP contribution in [0, 0.1) is 6.92 Å². The highest BCUT2D eigenvalue weighted by atomic mass is 32.2. The van der Waals surface area contributed by atoms with E-state index in [-0.39, 0.29) is 21.7 Å². The summed E-state index contributed by atoms with van der Waals surface area (Å²) in [6.45, 7) is 1.29. The van der Waals surface area contributed by atoms with Crippen LogP contribution < -0.4 is 5.32 Å². The second-order valence-electron chi connectivity index (χ2n) is 6.64. The molecule has 3 amide bonds. The standard InChI is InChI=1S/C21H16N2O7S/c1-11-3-2-4-12(5-11)6-16-18(25)23(21(30)31-16)10-17(24)22-15-8-13(19(26)27)7-14(9-15)20(28)29/h2-9H,10H2,1H3,(H,22,24)(H,26,27)(H,28,29)/b16-6-. The Morgan fingerprint density at radius 1 is 1.03 bits per heavy atom. The van der Waals surface area contributed by atoms with E-state index in [9.17, 15) is 24.0 Å². The van der Waals surface area contributed by atoms with Crippen LogP contribution in [0.3, 0.4) is 0 Å². The number of carboxylic acids is 2. The van der Waals surface area contributed by atoms with Gasteiger partial charge in [0.05, 0.1) is 16.0 Å². The third-order valence-corrected chi connectivity index (χ3v) is 5.13. The van der Waals surface area contributed by atoms with Gasteiger partial charge in [-0.3, -0.25) is 19.3 Å². The lowest BCUT2D eigenvalue weighted by molar-refractivity contribution is -0.127. The SMILES string of the molecule is Cc1cccc(/C=C2\SC(=O)N(CC(=O)Nc3cc(C(=O)O)cc(C(=O)O)c3)C2=O)c1. The van der Waals surface area contributed by atoms with E-state index < -0.39 is 35.5 Å². The van der Waals surface area contributed by atoms with Gasteiger partial charge in [0.2, 0.25) is 5.91 Å². The van der Waals surface area contributed by atoms with Gasteiger partial charge in [0.1, 0.15) is 6.54 Å². The summed E-state index contributed by atoms with van der Waals surface area (Å²) < 4.78 is 0. The molecule has 0 saturated carbocycles. The lowest BCUT2D eigenvalue weighted by Gasteiger charge is -2.13. The summed E-state index contributed by atoms with van der Waals surface area (Å²) in [5.41, 5.74) is 0.979. The zero-order chi connectivity index (χ0) is 22.7. The van der Waals surface area contributed by atoms with Crippen LogP contribution in [0.2, 0.25) is 0 Å². The molecule has 0 bridgehead atoms. The van der Waals surface area contributed by atoms with E-state index in [0.717, 1.165) is 34.2 Å². The van der Waals surface area contributed by atoms with Gasteiger partial charge in [-0.05, 0) is 48.5 Å². The maximum Gasteiger partial charge on any atom is 0.335 e. The molecule has 31 heavy (non-hydrogen) atoms. The van der Waals surface area contributed by atoms with Crippen LogP contribution in [0.25, 0.3) is 6.08 Å². The Balaban J connectivity index is 1.75. The van der Waals surface area contributed by atoms with Crippen LogP contribution in [0.5, 0.6) is 0 Å². The minimum Gasteiger partial charge on any atom is -0.478 e. The van der Waals surface area contributed by atoms with Gasteiger partial charge in [0, 0.05) is 5.69 Å². The molecule has 9 nitrogen and oxygen atoms in total. The van der Waals surface area contributed by atoms with Crippen molar-refractivity contribution in [1.29, 1.82) is 0 Å². The number of thioether (sulfide) groups is 1. The average Bonchev–Trinajstić information content (AvgIpc) is 2.95. The summed E-state index contributed by atoms with van der Waals surface area (Å²) >= 11 is 0.707. The van der Waals surface area contributed by atoms with Crippen LogP contribution in [-0.4, -0.2) is 50.6 Å². The predicted octanol–water partition coefficient (Wildman–Crippen LogP) is 3.07. The molecule has 0 radical (unpaired) electrons. The molecular formula is C21H16N2O7S. The molecule has 1 saturated heterocycles. The summed E-state index contributed by atoms with van der Waals surface area (Å²) in [5.74, 6) is -4.15. The molecule has 1 aliphatic heterocycles. The molecule has 0 atom stereocenters. The van der Waals surface area contributed by atoms with Crippen molar-refractivity contribution in [3.63, 3.8) is 0 Å². The van der Waals surface area contributed by atoms with Gasteiger partial charge in [0.25, 0.3) is 11.1 Å². The number of rotatable bonds is 6. The second-order valence-corrected chi connectivity index (χ2v) is 7.63. The Morgan fingerprint density at radius 2 is 1.68 bits per heavy atom. The number of hydrogen-bond donors (Lipinski definition) is 3. The molecule has 3 N–H and O–H groups in total. The first kappa shape index (κ1) is 21.8. The first-order valence-electron chi connectivity index (χ1n) is 8.87. The van der Waals surface area contributed by atoms with Crippen molar-refractivity contribution in [2.45, 2.75) is 6.92 Å². The molecule has 1 heterocycles. The third kappa shape index (κ3) is 5.17. The minimum absolute atomic E-state index is 0.0791. The fourth-order valence-corrected chi connectivity index (χ4v) is 3.68. The van der Waals surface area contributed by atoms with Crippen molar-refractivity contribution in [2.24, 2.45) is 0 Å². The van der Waals surface area contributed by atoms with Crippen molar-refractivity contribution < 1.29 is 34.2 Å². The number of carboxylic acid groups (broad SMARTS) is 2. The van der Waals surface area contributed by atoms with Gasteiger partial charge in [-0.2, -0.15) is 0 Å². The van der Waals surface area contributed by atoms with Crippen molar-refractivity contribution in [1.82, 2.24) is 4.90 Å². The van der Waals surface area contributed by atoms with Crippen molar-refractivity contribution in [3.05, 3.63) is 69.6 Å². The van der Waals surface area contributed by atoms with Crippen LogP contribution in [-0.2, 0) is 9.59 Å². The van der Waals surface area contributed by atoms with Gasteiger partial charge in [-0.1, -0.05) is 29.8 Å². The first-order valence-corrected chi connectivity index (χ1v) is 9.69. The molecule has 1 aliphatic rings. The highest BCUT2D eigenvalue weighted by Crippen LogP contribution is 2.32. The van der Waals surface area contributed by atoms with Crippen LogP contribution in [0.1, 0.15) is 31.8 Å². The summed E-state index contributed by atoms with van der Waals surface area (Å²) in [6.07, 6.45) is 1.56. The quantitative estimate of drug-likeness (QED) is 0.582. The molecule has 0 unspecified atom stereocenters. The smallest absolute Gasteiger partial charge is 0.335 e. The lowest BCUT2D eigenvalue weighted by Crippen LogP contribution is -2.36. The van der Waals surface area contributed by atoms with E-state index in [2.05, 4.69) is 5.32 Å². The third-order valence-electron chi connectivity index (χ3n) is 4.23. The number of hydrogen-bond acceptors (Lipinski definition) is 6. The number of nitrogens with one attached hydrogen (secondary N) is 1. The topological polar surface area (TPSA) is 141 Å². The maximum atomic E-state index is 12.6. The highest BCUT2D eigenvalue weighted by molar-refractivity contribution is 8.18. The number of benzene rings is 2. The lowest BCUT2D eigenvalue weighted by atomic mass is 10.1. The molecular weight excluding hydrogens is 424 g/mol. The minimum atomic E-state index is -1.37. The van der Waals surface area contributed by atoms with Crippen LogP contribution in [0.15, 0.2) is 47.4 Å². The monoisotopic (exact) mass is 440 g/mol. The summed E-state index contributed by atoms with van der Waals surface area (Å²) in [6, 6.07) is 10.4. The fourth-order valence-electron chi connectivity index (χ4n) is 2.84. The van der Waals surface area contributed by atoms with Crippen molar-refractivity contribution >= 4 is 52.5 Å². The first-order chi connectivity index (χ1) is 14.6. The molecule has 2 aromatic rings. The predicted molar refractivity (Wildman–Crippen MR) is 113 cm³/mol. The molecule has 0 spiro atoms. The summed E-state index contributed by atoms with van der Waals surface area (Å²) in [4.78, 5) is 60.4. The van der Waals surface area contributed by atoms with E-state index >= 15 is 0 Å². The second kappa shape index (κ2) is 8.84. The van der Waals surface area contributed by atoms with E-state index in [4.69, 9.17) is 10.2 Å². The molecule has 3 rings (SSSR count). The number of anilines is 1. The van der Waals surface area contributed by atoms with Crippen molar-refractivity contribution in [3.8, 4) is 0 Å².